The third kappa shape index (κ3) is 4.54. The minimum atomic E-state index is 0.0489. The normalized spacial score (nSPS) is 17.1. The van der Waals surface area contributed by atoms with Crippen molar-refractivity contribution in [3.05, 3.63) is 17.0 Å². The van der Waals surface area contributed by atoms with Crippen LogP contribution >= 0.6 is 0 Å². The molecule has 0 bridgehead atoms. The van der Waals surface area contributed by atoms with Gasteiger partial charge in [-0.05, 0) is 45.7 Å². The Bertz CT molecular complexity index is 445. The quantitative estimate of drug-likeness (QED) is 0.709. The lowest BCUT2D eigenvalue weighted by molar-refractivity contribution is -0.120. The second kappa shape index (κ2) is 7.56. The molecule has 1 aliphatic heterocycles. The van der Waals surface area contributed by atoms with E-state index in [4.69, 9.17) is 5.11 Å². The van der Waals surface area contributed by atoms with E-state index in [-0.39, 0.29) is 5.91 Å². The van der Waals surface area contributed by atoms with Crippen LogP contribution < -0.4 is 5.32 Å². The van der Waals surface area contributed by atoms with Gasteiger partial charge in [0.2, 0.25) is 5.91 Å². The Balaban J connectivity index is 1.66. The molecule has 1 aromatic rings. The first kappa shape index (κ1) is 16.0. The molecule has 1 fully saturated rings. The van der Waals surface area contributed by atoms with Crippen LogP contribution in [0, 0.1) is 19.8 Å². The van der Waals surface area contributed by atoms with E-state index in [0.717, 1.165) is 49.4 Å². The van der Waals surface area contributed by atoms with E-state index in [1.807, 2.05) is 13.8 Å². The average Bonchev–Trinajstić information content (AvgIpc) is 2.80. The van der Waals surface area contributed by atoms with Crippen LogP contribution in [0.15, 0.2) is 0 Å². The highest BCUT2D eigenvalue weighted by molar-refractivity contribution is 5.79. The fourth-order valence-corrected chi connectivity index (χ4v) is 2.80. The molecule has 0 spiro atoms. The van der Waals surface area contributed by atoms with Gasteiger partial charge < -0.3 is 15.3 Å². The minimum absolute atomic E-state index is 0.0489. The van der Waals surface area contributed by atoms with Crippen LogP contribution in [-0.2, 0) is 11.2 Å². The van der Waals surface area contributed by atoms with Crippen LogP contribution in [0.1, 0.15) is 29.8 Å². The van der Waals surface area contributed by atoms with Crippen LogP contribution in [0.25, 0.3) is 0 Å². The monoisotopic (exact) mass is 294 g/mol. The fourth-order valence-electron chi connectivity index (χ4n) is 2.80. The van der Waals surface area contributed by atoms with Crippen molar-refractivity contribution >= 4 is 5.91 Å². The third-order valence-corrected chi connectivity index (χ3v) is 4.33. The summed E-state index contributed by atoms with van der Waals surface area (Å²) >= 11 is 0. The van der Waals surface area contributed by atoms with E-state index >= 15 is 0 Å². The molecule has 1 saturated heterocycles. The van der Waals surface area contributed by atoms with E-state index in [1.165, 1.54) is 0 Å². The van der Waals surface area contributed by atoms with Gasteiger partial charge in [0, 0.05) is 31.0 Å². The molecular weight excluding hydrogens is 268 g/mol. The zero-order chi connectivity index (χ0) is 15.2. The van der Waals surface area contributed by atoms with Gasteiger partial charge in [-0.1, -0.05) is 0 Å². The molecular formula is C15H26N4O2. The van der Waals surface area contributed by atoms with Crippen molar-refractivity contribution in [1.29, 1.82) is 0 Å². The van der Waals surface area contributed by atoms with Crippen molar-refractivity contribution in [2.45, 2.75) is 33.1 Å². The highest BCUT2D eigenvalue weighted by Gasteiger charge is 2.18. The van der Waals surface area contributed by atoms with Gasteiger partial charge in [-0.2, -0.15) is 5.10 Å². The molecule has 21 heavy (non-hydrogen) atoms. The van der Waals surface area contributed by atoms with Crippen LogP contribution in [0.4, 0.5) is 0 Å². The van der Waals surface area contributed by atoms with Crippen molar-refractivity contribution < 1.29 is 9.90 Å². The summed E-state index contributed by atoms with van der Waals surface area (Å²) in [4.78, 5) is 14.3. The molecule has 0 aromatic carbocycles. The number of nitrogens with zero attached hydrogens (tertiary/aromatic N) is 2. The molecule has 2 heterocycles. The molecule has 0 atom stereocenters. The number of nitrogens with one attached hydrogen (secondary N) is 2. The maximum absolute atomic E-state index is 12.0. The molecule has 2 rings (SSSR count). The van der Waals surface area contributed by atoms with Crippen LogP contribution in [0.2, 0.25) is 0 Å². The number of aromatic amines is 1. The SMILES string of the molecule is Cc1n[nH]c(C)c1CC(=O)NCCN1CCC(CO)CC1. The highest BCUT2D eigenvalue weighted by Crippen LogP contribution is 2.15. The van der Waals surface area contributed by atoms with Gasteiger partial charge in [-0.25, -0.2) is 0 Å². The number of hydrogen-bond donors (Lipinski definition) is 3. The molecule has 1 aromatic heterocycles. The third-order valence-electron chi connectivity index (χ3n) is 4.33. The van der Waals surface area contributed by atoms with E-state index in [1.54, 1.807) is 0 Å². The van der Waals surface area contributed by atoms with Crippen molar-refractivity contribution in [1.82, 2.24) is 20.4 Å². The summed E-state index contributed by atoms with van der Waals surface area (Å²) < 4.78 is 0. The summed E-state index contributed by atoms with van der Waals surface area (Å²) in [6.07, 6.45) is 2.50. The summed E-state index contributed by atoms with van der Waals surface area (Å²) in [5.74, 6) is 0.510. The number of aromatic nitrogens is 2. The first-order valence-electron chi connectivity index (χ1n) is 7.70. The van der Waals surface area contributed by atoms with Gasteiger partial charge in [-0.15, -0.1) is 0 Å². The molecule has 6 heteroatoms. The summed E-state index contributed by atoms with van der Waals surface area (Å²) in [5, 5.41) is 19.1. The summed E-state index contributed by atoms with van der Waals surface area (Å²) in [6.45, 7) is 7.74. The van der Waals surface area contributed by atoms with Gasteiger partial charge >= 0.3 is 0 Å². The Morgan fingerprint density at radius 3 is 2.71 bits per heavy atom. The summed E-state index contributed by atoms with van der Waals surface area (Å²) in [5.41, 5.74) is 2.86. The number of aliphatic hydroxyl groups is 1. The highest BCUT2D eigenvalue weighted by atomic mass is 16.3. The number of aryl methyl sites for hydroxylation is 2. The van der Waals surface area contributed by atoms with Crippen LogP contribution in [0.3, 0.4) is 0 Å². The number of hydrogen-bond acceptors (Lipinski definition) is 4. The van der Waals surface area contributed by atoms with Crippen molar-refractivity contribution in [3.63, 3.8) is 0 Å². The fraction of sp³-hybridized carbons (Fsp3) is 0.733. The van der Waals surface area contributed by atoms with E-state index < -0.39 is 0 Å². The van der Waals surface area contributed by atoms with Gasteiger partial charge in [0.05, 0.1) is 12.1 Å². The number of H-pyrrole nitrogens is 1. The van der Waals surface area contributed by atoms with Gasteiger partial charge in [-0.3, -0.25) is 9.89 Å². The molecule has 1 aliphatic rings. The molecule has 6 nitrogen and oxygen atoms in total. The first-order valence-corrected chi connectivity index (χ1v) is 7.70. The predicted molar refractivity (Wildman–Crippen MR) is 81.0 cm³/mol. The summed E-state index contributed by atoms with van der Waals surface area (Å²) in [7, 11) is 0. The number of likely N-dealkylation sites (tertiary alicyclic amines) is 1. The maximum Gasteiger partial charge on any atom is 0.224 e. The van der Waals surface area contributed by atoms with Gasteiger partial charge in [0.1, 0.15) is 0 Å². The standard InChI is InChI=1S/C15H26N4O2/c1-11-14(12(2)18-17-11)9-15(21)16-5-8-19-6-3-13(10-20)4-7-19/h13,20H,3-10H2,1-2H3,(H,16,21)(H,17,18). The number of carbonyl (C=O) groups excluding carboxylic acids is 1. The number of amides is 1. The number of rotatable bonds is 6. The molecule has 1 amide bonds. The minimum Gasteiger partial charge on any atom is -0.396 e. The average molecular weight is 294 g/mol. The van der Waals surface area contributed by atoms with Crippen LogP contribution in [0.5, 0.6) is 0 Å². The Morgan fingerprint density at radius 1 is 1.43 bits per heavy atom. The maximum atomic E-state index is 12.0. The summed E-state index contributed by atoms with van der Waals surface area (Å²) in [6, 6.07) is 0. The lowest BCUT2D eigenvalue weighted by atomic mass is 9.98. The Morgan fingerprint density at radius 2 is 2.14 bits per heavy atom. The van der Waals surface area contributed by atoms with Crippen molar-refractivity contribution in [2.75, 3.05) is 32.8 Å². The molecule has 118 valence electrons. The predicted octanol–water partition coefficient (Wildman–Crippen LogP) is 0.390. The van der Waals surface area contributed by atoms with Gasteiger partial charge in [0.25, 0.3) is 0 Å². The zero-order valence-electron chi connectivity index (χ0n) is 13.0. The first-order chi connectivity index (χ1) is 10.1. The lowest BCUT2D eigenvalue weighted by Gasteiger charge is -2.30. The Hall–Kier alpha value is -1.40. The Kier molecular flexibility index (Phi) is 5.76. The number of carbonyl (C=O) groups is 1. The lowest BCUT2D eigenvalue weighted by Crippen LogP contribution is -2.40. The molecule has 0 unspecified atom stereocenters. The second-order valence-electron chi connectivity index (χ2n) is 5.91. The number of aliphatic hydroxyl groups excluding tert-OH is 1. The van der Waals surface area contributed by atoms with E-state index in [0.29, 0.717) is 25.5 Å². The molecule has 0 saturated carbocycles. The zero-order valence-corrected chi connectivity index (χ0v) is 13.0. The van der Waals surface area contributed by atoms with Gasteiger partial charge in [0.15, 0.2) is 0 Å². The Labute approximate surface area is 125 Å². The van der Waals surface area contributed by atoms with E-state index in [9.17, 15) is 4.79 Å². The molecule has 0 radical (unpaired) electrons. The largest absolute Gasteiger partial charge is 0.396 e. The van der Waals surface area contributed by atoms with Crippen molar-refractivity contribution in [3.8, 4) is 0 Å². The number of piperidine rings is 1. The smallest absolute Gasteiger partial charge is 0.224 e. The second-order valence-corrected chi connectivity index (χ2v) is 5.91. The van der Waals surface area contributed by atoms with Crippen molar-refractivity contribution in [2.24, 2.45) is 5.92 Å². The molecule has 0 aliphatic carbocycles. The van der Waals surface area contributed by atoms with E-state index in [2.05, 4.69) is 20.4 Å². The molecule has 3 N–H and O–H groups in total. The van der Waals surface area contributed by atoms with Crippen LogP contribution in [-0.4, -0.2) is 58.9 Å². The topological polar surface area (TPSA) is 81.2 Å².